The summed E-state index contributed by atoms with van der Waals surface area (Å²) in [4.78, 5) is 2.42. The molecule has 0 N–H and O–H groups in total. The van der Waals surface area contributed by atoms with Gasteiger partial charge in [-0.15, -0.1) is 0 Å². The van der Waals surface area contributed by atoms with Gasteiger partial charge in [-0.05, 0) is 49.5 Å². The number of piperidine rings is 1. The summed E-state index contributed by atoms with van der Waals surface area (Å²) in [6.45, 7) is 3.95. The first-order valence-corrected chi connectivity index (χ1v) is 7.13. The molecule has 1 saturated heterocycles. The lowest BCUT2D eigenvalue weighted by atomic mass is 9.97. The van der Waals surface area contributed by atoms with Gasteiger partial charge < -0.3 is 4.74 Å². The zero-order valence-electron chi connectivity index (χ0n) is 10.7. The van der Waals surface area contributed by atoms with Gasteiger partial charge in [0.15, 0.2) is 0 Å². The third-order valence-electron chi connectivity index (χ3n) is 3.52. The topological polar surface area (TPSA) is 12.5 Å². The minimum atomic E-state index is -0.190. The highest BCUT2D eigenvalue weighted by Crippen LogP contribution is 2.23. The van der Waals surface area contributed by atoms with E-state index in [1.54, 1.807) is 7.11 Å². The van der Waals surface area contributed by atoms with Crippen LogP contribution in [0.15, 0.2) is 22.7 Å². The Morgan fingerprint density at radius 1 is 1.39 bits per heavy atom. The largest absolute Gasteiger partial charge is 0.384 e. The van der Waals surface area contributed by atoms with Crippen molar-refractivity contribution in [1.29, 1.82) is 0 Å². The Kier molecular flexibility index (Phi) is 5.15. The molecule has 0 aromatic heterocycles. The first kappa shape index (κ1) is 14.0. The number of rotatable bonds is 4. The van der Waals surface area contributed by atoms with Gasteiger partial charge in [-0.3, -0.25) is 4.90 Å². The lowest BCUT2D eigenvalue weighted by molar-refractivity contribution is 0.0967. The second kappa shape index (κ2) is 6.64. The summed E-state index contributed by atoms with van der Waals surface area (Å²) < 4.78 is 19.1. The number of hydrogen-bond donors (Lipinski definition) is 0. The molecule has 2 rings (SSSR count). The Morgan fingerprint density at radius 2 is 2.11 bits per heavy atom. The van der Waals surface area contributed by atoms with Crippen molar-refractivity contribution >= 4 is 15.9 Å². The molecule has 0 spiro atoms. The van der Waals surface area contributed by atoms with Crippen LogP contribution in [0.5, 0.6) is 0 Å². The van der Waals surface area contributed by atoms with Crippen LogP contribution < -0.4 is 0 Å². The van der Waals surface area contributed by atoms with E-state index >= 15 is 0 Å². The summed E-state index contributed by atoms with van der Waals surface area (Å²) in [6, 6.07) is 4.92. The first-order chi connectivity index (χ1) is 8.69. The van der Waals surface area contributed by atoms with Crippen molar-refractivity contribution in [2.75, 3.05) is 26.8 Å². The zero-order valence-corrected chi connectivity index (χ0v) is 12.2. The molecule has 4 heteroatoms. The van der Waals surface area contributed by atoms with Crippen LogP contribution in [0.2, 0.25) is 0 Å². The van der Waals surface area contributed by atoms with Crippen molar-refractivity contribution in [1.82, 2.24) is 4.90 Å². The van der Waals surface area contributed by atoms with Gasteiger partial charge in [0.1, 0.15) is 5.82 Å². The average Bonchev–Trinajstić information content (AvgIpc) is 2.35. The van der Waals surface area contributed by atoms with E-state index in [1.807, 2.05) is 6.07 Å². The molecule has 0 saturated carbocycles. The van der Waals surface area contributed by atoms with Crippen molar-refractivity contribution in [3.05, 3.63) is 34.1 Å². The number of hydrogen-bond acceptors (Lipinski definition) is 2. The summed E-state index contributed by atoms with van der Waals surface area (Å²) in [6.07, 6.45) is 2.37. The van der Waals surface area contributed by atoms with Crippen LogP contribution in [0.25, 0.3) is 0 Å². The van der Waals surface area contributed by atoms with E-state index in [-0.39, 0.29) is 5.82 Å². The monoisotopic (exact) mass is 315 g/mol. The highest BCUT2D eigenvalue weighted by Gasteiger charge is 2.19. The second-order valence-corrected chi connectivity index (χ2v) is 5.76. The first-order valence-electron chi connectivity index (χ1n) is 6.34. The molecular formula is C14H19BrFNO. The summed E-state index contributed by atoms with van der Waals surface area (Å²) in [5.74, 6) is 0.507. The fraction of sp³-hybridized carbons (Fsp3) is 0.571. The van der Waals surface area contributed by atoms with E-state index in [2.05, 4.69) is 20.8 Å². The Labute approximate surface area is 116 Å². The number of nitrogens with zero attached hydrogens (tertiary/aromatic N) is 1. The molecule has 1 aliphatic rings. The molecule has 0 radical (unpaired) electrons. The molecule has 1 aromatic carbocycles. The van der Waals surface area contributed by atoms with E-state index in [0.29, 0.717) is 5.92 Å². The normalized spacial score (nSPS) is 18.2. The van der Waals surface area contributed by atoms with Crippen molar-refractivity contribution in [2.24, 2.45) is 5.92 Å². The molecule has 100 valence electrons. The third-order valence-corrected chi connectivity index (χ3v) is 4.26. The Hall–Kier alpha value is -0.450. The van der Waals surface area contributed by atoms with Crippen LogP contribution in [0.3, 0.4) is 0 Å². The van der Waals surface area contributed by atoms with Crippen LogP contribution in [0.1, 0.15) is 18.4 Å². The standard InChI is InChI=1S/C14H19BrFNO/c1-18-10-11-4-6-17(7-5-11)9-12-2-3-13(16)8-14(12)15/h2-3,8,11H,4-7,9-10H2,1H3. The zero-order chi connectivity index (χ0) is 13.0. The molecule has 1 aliphatic heterocycles. The molecule has 0 bridgehead atoms. The molecule has 0 unspecified atom stereocenters. The Balaban J connectivity index is 1.87. The second-order valence-electron chi connectivity index (χ2n) is 4.91. The molecule has 0 atom stereocenters. The molecule has 18 heavy (non-hydrogen) atoms. The van der Waals surface area contributed by atoms with Gasteiger partial charge in [0, 0.05) is 24.7 Å². The number of likely N-dealkylation sites (tertiary alicyclic amines) is 1. The smallest absolute Gasteiger partial charge is 0.124 e. The quantitative estimate of drug-likeness (QED) is 0.844. The fourth-order valence-corrected chi connectivity index (χ4v) is 2.91. The number of benzene rings is 1. The van der Waals surface area contributed by atoms with Gasteiger partial charge in [-0.2, -0.15) is 0 Å². The Morgan fingerprint density at radius 3 is 2.72 bits per heavy atom. The predicted octanol–water partition coefficient (Wildman–Crippen LogP) is 3.45. The van der Waals surface area contributed by atoms with Gasteiger partial charge >= 0.3 is 0 Å². The summed E-state index contributed by atoms with van der Waals surface area (Å²) in [7, 11) is 1.77. The predicted molar refractivity (Wildman–Crippen MR) is 74.0 cm³/mol. The van der Waals surface area contributed by atoms with Crippen molar-refractivity contribution in [3.8, 4) is 0 Å². The maximum atomic E-state index is 13.0. The highest BCUT2D eigenvalue weighted by atomic mass is 79.9. The number of halogens is 2. The van der Waals surface area contributed by atoms with Gasteiger partial charge in [-0.25, -0.2) is 4.39 Å². The van der Waals surface area contributed by atoms with Gasteiger partial charge in [0.05, 0.1) is 0 Å². The highest BCUT2D eigenvalue weighted by molar-refractivity contribution is 9.10. The number of ether oxygens (including phenoxy) is 1. The molecule has 1 fully saturated rings. The molecule has 1 heterocycles. The summed E-state index contributed by atoms with van der Waals surface area (Å²) in [5.41, 5.74) is 1.15. The number of methoxy groups -OCH3 is 1. The minimum absolute atomic E-state index is 0.190. The van der Waals surface area contributed by atoms with Crippen LogP contribution in [-0.2, 0) is 11.3 Å². The van der Waals surface area contributed by atoms with Crippen LogP contribution in [0.4, 0.5) is 4.39 Å². The van der Waals surface area contributed by atoms with Gasteiger partial charge in [0.2, 0.25) is 0 Å². The van der Waals surface area contributed by atoms with E-state index in [0.717, 1.165) is 36.3 Å². The molecule has 0 amide bonds. The Bertz CT molecular complexity index is 391. The maximum Gasteiger partial charge on any atom is 0.124 e. The van der Waals surface area contributed by atoms with Crippen LogP contribution in [0, 0.1) is 11.7 Å². The van der Waals surface area contributed by atoms with E-state index in [4.69, 9.17) is 4.74 Å². The minimum Gasteiger partial charge on any atom is -0.384 e. The molecular weight excluding hydrogens is 297 g/mol. The summed E-state index contributed by atoms with van der Waals surface area (Å²) in [5, 5.41) is 0. The van der Waals surface area contributed by atoms with Crippen molar-refractivity contribution in [2.45, 2.75) is 19.4 Å². The lowest BCUT2D eigenvalue weighted by Crippen LogP contribution is -2.34. The van der Waals surface area contributed by atoms with Crippen molar-refractivity contribution < 1.29 is 9.13 Å². The van der Waals surface area contributed by atoms with Crippen molar-refractivity contribution in [3.63, 3.8) is 0 Å². The molecule has 1 aromatic rings. The fourth-order valence-electron chi connectivity index (χ4n) is 2.44. The van der Waals surface area contributed by atoms with Gasteiger partial charge in [-0.1, -0.05) is 22.0 Å². The third kappa shape index (κ3) is 3.77. The SMILES string of the molecule is COCC1CCN(Cc2ccc(F)cc2Br)CC1. The van der Waals surface area contributed by atoms with E-state index in [1.165, 1.54) is 25.0 Å². The summed E-state index contributed by atoms with van der Waals surface area (Å²) >= 11 is 3.42. The van der Waals surface area contributed by atoms with Crippen LogP contribution >= 0.6 is 15.9 Å². The molecule has 0 aliphatic carbocycles. The van der Waals surface area contributed by atoms with E-state index < -0.39 is 0 Å². The average molecular weight is 316 g/mol. The van der Waals surface area contributed by atoms with Gasteiger partial charge in [0.25, 0.3) is 0 Å². The maximum absolute atomic E-state index is 13.0. The van der Waals surface area contributed by atoms with Crippen LogP contribution in [-0.4, -0.2) is 31.7 Å². The van der Waals surface area contributed by atoms with E-state index in [9.17, 15) is 4.39 Å². The lowest BCUT2D eigenvalue weighted by Gasteiger charge is -2.31. The molecule has 2 nitrogen and oxygen atoms in total.